The quantitative estimate of drug-likeness (QED) is 0.587. The SMILES string of the molecule is COc1cc(C2C(C(=O)Nc3ccccc3)=C(C)Nc3ncnn32)cc(Br)c1OC. The Morgan fingerprint density at radius 3 is 2.67 bits per heavy atom. The molecule has 0 saturated heterocycles. The van der Waals surface area contributed by atoms with Crippen molar-refractivity contribution in [3.8, 4) is 11.5 Å². The molecule has 154 valence electrons. The van der Waals surface area contributed by atoms with Crippen molar-refractivity contribution in [3.05, 3.63) is 70.1 Å². The van der Waals surface area contributed by atoms with E-state index in [0.717, 1.165) is 5.56 Å². The Kier molecular flexibility index (Phi) is 5.45. The van der Waals surface area contributed by atoms with Gasteiger partial charge in [0.25, 0.3) is 5.91 Å². The number of nitrogens with one attached hydrogen (secondary N) is 2. The number of fused-ring (bicyclic) bond motifs is 1. The van der Waals surface area contributed by atoms with E-state index in [-0.39, 0.29) is 5.91 Å². The van der Waals surface area contributed by atoms with Gasteiger partial charge in [0.05, 0.1) is 24.3 Å². The van der Waals surface area contributed by atoms with Crippen LogP contribution >= 0.6 is 15.9 Å². The molecule has 0 bridgehead atoms. The number of hydrogen-bond acceptors (Lipinski definition) is 6. The van der Waals surface area contributed by atoms with Crippen molar-refractivity contribution < 1.29 is 14.3 Å². The van der Waals surface area contributed by atoms with Crippen molar-refractivity contribution in [1.82, 2.24) is 14.8 Å². The molecule has 2 heterocycles. The van der Waals surface area contributed by atoms with Gasteiger partial charge in [-0.2, -0.15) is 10.1 Å². The van der Waals surface area contributed by atoms with Gasteiger partial charge in [-0.05, 0) is 52.7 Å². The molecule has 0 spiro atoms. The van der Waals surface area contributed by atoms with Gasteiger partial charge in [-0.1, -0.05) is 18.2 Å². The van der Waals surface area contributed by atoms with Crippen molar-refractivity contribution >= 4 is 33.5 Å². The fourth-order valence-corrected chi connectivity index (χ4v) is 4.13. The third kappa shape index (κ3) is 3.52. The van der Waals surface area contributed by atoms with Crippen LogP contribution in [0.2, 0.25) is 0 Å². The van der Waals surface area contributed by atoms with Crippen LogP contribution in [-0.2, 0) is 4.79 Å². The van der Waals surface area contributed by atoms with E-state index in [1.54, 1.807) is 18.9 Å². The first-order chi connectivity index (χ1) is 14.5. The number of hydrogen-bond donors (Lipinski definition) is 2. The van der Waals surface area contributed by atoms with E-state index in [2.05, 4.69) is 36.6 Å². The lowest BCUT2D eigenvalue weighted by Gasteiger charge is -2.29. The van der Waals surface area contributed by atoms with E-state index in [1.807, 2.05) is 49.4 Å². The van der Waals surface area contributed by atoms with E-state index in [4.69, 9.17) is 9.47 Å². The number of benzene rings is 2. The minimum Gasteiger partial charge on any atom is -0.493 e. The molecule has 0 radical (unpaired) electrons. The van der Waals surface area contributed by atoms with E-state index in [0.29, 0.717) is 38.9 Å². The van der Waals surface area contributed by atoms with Gasteiger partial charge in [0.2, 0.25) is 5.95 Å². The lowest BCUT2D eigenvalue weighted by molar-refractivity contribution is -0.113. The molecule has 8 nitrogen and oxygen atoms in total. The Labute approximate surface area is 182 Å². The molecule has 3 aromatic rings. The predicted octanol–water partition coefficient (Wildman–Crippen LogP) is 3.99. The maximum absolute atomic E-state index is 13.3. The summed E-state index contributed by atoms with van der Waals surface area (Å²) in [7, 11) is 3.15. The van der Waals surface area contributed by atoms with Crippen molar-refractivity contribution in [2.75, 3.05) is 24.9 Å². The molecule has 2 aromatic carbocycles. The third-order valence-corrected chi connectivity index (χ3v) is 5.43. The number of rotatable bonds is 5. The Bertz CT molecular complexity index is 1130. The van der Waals surface area contributed by atoms with Crippen LogP contribution in [0.25, 0.3) is 0 Å². The fraction of sp³-hybridized carbons (Fsp3) is 0.190. The third-order valence-electron chi connectivity index (χ3n) is 4.84. The fourth-order valence-electron chi connectivity index (χ4n) is 3.51. The molecular formula is C21H20BrN5O3. The molecule has 1 atom stereocenters. The summed E-state index contributed by atoms with van der Waals surface area (Å²) in [4.78, 5) is 17.6. The molecular weight excluding hydrogens is 450 g/mol. The van der Waals surface area contributed by atoms with Crippen molar-refractivity contribution in [1.29, 1.82) is 0 Å². The summed E-state index contributed by atoms with van der Waals surface area (Å²) >= 11 is 3.54. The molecule has 1 amide bonds. The van der Waals surface area contributed by atoms with Crippen LogP contribution in [0.1, 0.15) is 18.5 Å². The molecule has 1 aromatic heterocycles. The standard InChI is InChI=1S/C21H20BrN5O3/c1-12-17(20(28)26-14-7-5-4-6-8-14)18(27-21(25-12)23-11-24-27)13-9-15(22)19(30-3)16(10-13)29-2/h4-11,18H,1-3H3,(H,26,28)(H,23,24,25). The molecule has 2 N–H and O–H groups in total. The number of para-hydroxylation sites is 1. The lowest BCUT2D eigenvalue weighted by Crippen LogP contribution is -2.31. The van der Waals surface area contributed by atoms with Crippen LogP contribution in [0.15, 0.2) is 64.5 Å². The monoisotopic (exact) mass is 469 g/mol. The Balaban J connectivity index is 1.83. The number of carbonyl (C=O) groups is 1. The van der Waals surface area contributed by atoms with Gasteiger partial charge in [-0.25, -0.2) is 4.68 Å². The van der Waals surface area contributed by atoms with Gasteiger partial charge < -0.3 is 20.1 Å². The van der Waals surface area contributed by atoms with Crippen molar-refractivity contribution in [2.45, 2.75) is 13.0 Å². The van der Waals surface area contributed by atoms with Crippen molar-refractivity contribution in [2.24, 2.45) is 0 Å². The first-order valence-electron chi connectivity index (χ1n) is 9.18. The molecule has 1 aliphatic heterocycles. The number of nitrogens with zero attached hydrogens (tertiary/aromatic N) is 3. The highest BCUT2D eigenvalue weighted by molar-refractivity contribution is 9.10. The van der Waals surface area contributed by atoms with Crippen LogP contribution in [0.4, 0.5) is 11.6 Å². The molecule has 0 fully saturated rings. The molecule has 0 aliphatic carbocycles. The minimum atomic E-state index is -0.511. The van der Waals surface area contributed by atoms with E-state index in [1.165, 1.54) is 6.33 Å². The van der Waals surface area contributed by atoms with Gasteiger partial charge in [-0.15, -0.1) is 0 Å². The largest absolute Gasteiger partial charge is 0.493 e. The van der Waals surface area contributed by atoms with Gasteiger partial charge in [0.15, 0.2) is 11.5 Å². The van der Waals surface area contributed by atoms with Crippen LogP contribution in [0.3, 0.4) is 0 Å². The first-order valence-corrected chi connectivity index (χ1v) is 9.98. The summed E-state index contributed by atoms with van der Waals surface area (Å²) in [5.74, 6) is 1.44. The number of methoxy groups -OCH3 is 2. The van der Waals surface area contributed by atoms with E-state index in [9.17, 15) is 4.79 Å². The first kappa shape index (κ1) is 20.0. The van der Waals surface area contributed by atoms with Crippen LogP contribution < -0.4 is 20.1 Å². The zero-order chi connectivity index (χ0) is 21.3. The smallest absolute Gasteiger partial charge is 0.255 e. The number of anilines is 2. The maximum Gasteiger partial charge on any atom is 0.255 e. The predicted molar refractivity (Wildman–Crippen MR) is 117 cm³/mol. The van der Waals surface area contributed by atoms with Crippen LogP contribution in [0.5, 0.6) is 11.5 Å². The van der Waals surface area contributed by atoms with Gasteiger partial charge in [0, 0.05) is 11.4 Å². The summed E-state index contributed by atoms with van der Waals surface area (Å²) in [6.07, 6.45) is 1.45. The number of aromatic nitrogens is 3. The minimum absolute atomic E-state index is 0.233. The zero-order valence-electron chi connectivity index (χ0n) is 16.6. The maximum atomic E-state index is 13.3. The average molecular weight is 470 g/mol. The molecule has 1 unspecified atom stereocenters. The van der Waals surface area contributed by atoms with Gasteiger partial charge in [0.1, 0.15) is 12.4 Å². The number of carbonyl (C=O) groups excluding carboxylic acids is 1. The molecule has 30 heavy (non-hydrogen) atoms. The second-order valence-corrected chi connectivity index (χ2v) is 7.51. The summed E-state index contributed by atoms with van der Waals surface area (Å²) in [5.41, 5.74) is 2.72. The second kappa shape index (κ2) is 8.19. The van der Waals surface area contributed by atoms with Crippen LogP contribution in [-0.4, -0.2) is 34.9 Å². The van der Waals surface area contributed by atoms with Gasteiger partial charge in [-0.3, -0.25) is 4.79 Å². The van der Waals surface area contributed by atoms with Crippen LogP contribution in [0, 0.1) is 0 Å². The molecule has 9 heteroatoms. The van der Waals surface area contributed by atoms with E-state index >= 15 is 0 Å². The van der Waals surface area contributed by atoms with E-state index < -0.39 is 6.04 Å². The normalized spacial score (nSPS) is 15.3. The topological polar surface area (TPSA) is 90.3 Å². The lowest BCUT2D eigenvalue weighted by atomic mass is 9.94. The number of amides is 1. The highest BCUT2D eigenvalue weighted by Gasteiger charge is 2.34. The summed E-state index contributed by atoms with van der Waals surface area (Å²) in [5, 5.41) is 10.5. The summed E-state index contributed by atoms with van der Waals surface area (Å²) in [6, 6.07) is 12.5. The molecule has 0 saturated carbocycles. The summed E-state index contributed by atoms with van der Waals surface area (Å²) < 4.78 is 13.3. The summed E-state index contributed by atoms with van der Waals surface area (Å²) in [6.45, 7) is 1.85. The molecule has 4 rings (SSSR count). The number of allylic oxidation sites excluding steroid dienone is 1. The second-order valence-electron chi connectivity index (χ2n) is 6.65. The Morgan fingerprint density at radius 1 is 1.20 bits per heavy atom. The molecule has 1 aliphatic rings. The Hall–Kier alpha value is -3.33. The number of halogens is 1. The van der Waals surface area contributed by atoms with Crippen molar-refractivity contribution in [3.63, 3.8) is 0 Å². The highest BCUT2D eigenvalue weighted by atomic mass is 79.9. The average Bonchev–Trinajstić information content (AvgIpc) is 3.20. The Morgan fingerprint density at radius 2 is 1.97 bits per heavy atom. The highest BCUT2D eigenvalue weighted by Crippen LogP contribution is 2.42. The van der Waals surface area contributed by atoms with Gasteiger partial charge >= 0.3 is 0 Å². The zero-order valence-corrected chi connectivity index (χ0v) is 18.2. The number of ether oxygens (including phenoxy) is 2.